The lowest BCUT2D eigenvalue weighted by Gasteiger charge is -2.13. The molecule has 2 atom stereocenters. The van der Waals surface area contributed by atoms with E-state index in [4.69, 9.17) is 5.11 Å². The van der Waals surface area contributed by atoms with Crippen molar-refractivity contribution >= 4 is 17.9 Å². The second kappa shape index (κ2) is 4.63. The highest BCUT2D eigenvalue weighted by Crippen LogP contribution is 1.98. The Morgan fingerprint density at radius 1 is 1.60 bits per heavy atom. The molecule has 1 aliphatic heterocycles. The third kappa shape index (κ3) is 3.12. The lowest BCUT2D eigenvalue weighted by Crippen LogP contribution is -2.49. The van der Waals surface area contributed by atoms with Crippen LogP contribution in [-0.2, 0) is 9.59 Å². The van der Waals surface area contributed by atoms with Crippen LogP contribution in [0.2, 0.25) is 0 Å². The number of carbonyl (C=O) groups excluding carboxylic acids is 2. The summed E-state index contributed by atoms with van der Waals surface area (Å²) in [5, 5.41) is 15.7. The fourth-order valence-corrected chi connectivity index (χ4v) is 1.19. The Balaban J connectivity index is 2.35. The fourth-order valence-electron chi connectivity index (χ4n) is 1.19. The van der Waals surface area contributed by atoms with E-state index in [1.807, 2.05) is 0 Å². The van der Waals surface area contributed by atoms with Crippen LogP contribution >= 0.6 is 0 Å². The van der Waals surface area contributed by atoms with Crippen molar-refractivity contribution in [3.63, 3.8) is 0 Å². The minimum absolute atomic E-state index is 0.242. The second-order valence-electron chi connectivity index (χ2n) is 3.31. The standard InChI is InChI=1S/C8H13N3O4/c1-4(7(13)14)10-8(15)11-5-2-3-9-6(5)12/h4-5H,2-3H2,1H3,(H,9,12)(H,13,14)(H2,10,11,15)/t4-,5?/m1/s1. The van der Waals surface area contributed by atoms with Gasteiger partial charge in [0.1, 0.15) is 12.1 Å². The molecule has 7 heteroatoms. The highest BCUT2D eigenvalue weighted by Gasteiger charge is 2.26. The number of hydrogen-bond donors (Lipinski definition) is 4. The molecule has 0 radical (unpaired) electrons. The predicted octanol–water partition coefficient (Wildman–Crippen LogP) is -1.35. The molecule has 1 heterocycles. The Kier molecular flexibility index (Phi) is 3.48. The SMILES string of the molecule is C[C@@H](NC(=O)NC1CCNC1=O)C(=O)O. The summed E-state index contributed by atoms with van der Waals surface area (Å²) >= 11 is 0. The molecule has 1 fully saturated rings. The quantitative estimate of drug-likeness (QED) is 0.466. The number of amides is 3. The molecule has 0 aliphatic carbocycles. The van der Waals surface area contributed by atoms with E-state index in [0.29, 0.717) is 13.0 Å². The van der Waals surface area contributed by atoms with Gasteiger partial charge in [-0.05, 0) is 13.3 Å². The lowest BCUT2D eigenvalue weighted by atomic mass is 10.2. The number of urea groups is 1. The topological polar surface area (TPSA) is 108 Å². The number of rotatable bonds is 3. The lowest BCUT2D eigenvalue weighted by molar-refractivity contribution is -0.138. The Hall–Kier alpha value is -1.79. The summed E-state index contributed by atoms with van der Waals surface area (Å²) in [5.74, 6) is -1.37. The number of aliphatic carboxylic acids is 1. The first-order valence-corrected chi connectivity index (χ1v) is 4.58. The van der Waals surface area contributed by atoms with Crippen LogP contribution in [0.3, 0.4) is 0 Å². The van der Waals surface area contributed by atoms with Crippen LogP contribution < -0.4 is 16.0 Å². The molecule has 4 N–H and O–H groups in total. The van der Waals surface area contributed by atoms with Crippen LogP contribution in [0, 0.1) is 0 Å². The minimum atomic E-state index is -1.12. The molecule has 0 aromatic heterocycles. The Morgan fingerprint density at radius 2 is 2.27 bits per heavy atom. The zero-order valence-electron chi connectivity index (χ0n) is 8.24. The minimum Gasteiger partial charge on any atom is -0.480 e. The zero-order chi connectivity index (χ0) is 11.4. The van der Waals surface area contributed by atoms with Crippen molar-refractivity contribution in [2.75, 3.05) is 6.54 Å². The van der Waals surface area contributed by atoms with E-state index in [9.17, 15) is 14.4 Å². The Bertz CT molecular complexity index is 292. The predicted molar refractivity (Wildman–Crippen MR) is 50.2 cm³/mol. The first-order chi connectivity index (χ1) is 7.00. The van der Waals surface area contributed by atoms with E-state index in [1.165, 1.54) is 6.92 Å². The van der Waals surface area contributed by atoms with Gasteiger partial charge in [-0.15, -0.1) is 0 Å². The van der Waals surface area contributed by atoms with E-state index in [-0.39, 0.29) is 5.91 Å². The van der Waals surface area contributed by atoms with Crippen LogP contribution in [0.4, 0.5) is 4.79 Å². The van der Waals surface area contributed by atoms with Gasteiger partial charge in [-0.2, -0.15) is 0 Å². The summed E-state index contributed by atoms with van der Waals surface area (Å²) < 4.78 is 0. The third-order valence-corrected chi connectivity index (χ3v) is 2.07. The Labute approximate surface area is 86.2 Å². The van der Waals surface area contributed by atoms with Crippen LogP contribution in [0.5, 0.6) is 0 Å². The fraction of sp³-hybridized carbons (Fsp3) is 0.625. The summed E-state index contributed by atoms with van der Waals surface area (Å²) in [6.07, 6.45) is 0.522. The molecule has 1 rings (SSSR count). The highest BCUT2D eigenvalue weighted by atomic mass is 16.4. The molecular weight excluding hydrogens is 202 g/mol. The van der Waals surface area contributed by atoms with Gasteiger partial charge in [-0.1, -0.05) is 0 Å². The molecule has 0 bridgehead atoms. The molecule has 0 aromatic rings. The largest absolute Gasteiger partial charge is 0.480 e. The number of carboxylic acids is 1. The molecule has 7 nitrogen and oxygen atoms in total. The van der Waals surface area contributed by atoms with Crippen molar-refractivity contribution in [3.05, 3.63) is 0 Å². The Morgan fingerprint density at radius 3 is 2.73 bits per heavy atom. The summed E-state index contributed by atoms with van der Waals surface area (Å²) in [6.45, 7) is 1.87. The van der Waals surface area contributed by atoms with Crippen molar-refractivity contribution in [2.24, 2.45) is 0 Å². The van der Waals surface area contributed by atoms with Gasteiger partial charge < -0.3 is 21.1 Å². The molecule has 1 saturated heterocycles. The number of nitrogens with one attached hydrogen (secondary N) is 3. The van der Waals surface area contributed by atoms with E-state index in [1.54, 1.807) is 0 Å². The van der Waals surface area contributed by atoms with E-state index < -0.39 is 24.1 Å². The molecule has 84 valence electrons. The van der Waals surface area contributed by atoms with Gasteiger partial charge in [-0.25, -0.2) is 4.79 Å². The normalized spacial score (nSPS) is 21.7. The summed E-state index contributed by atoms with van der Waals surface area (Å²) in [6, 6.07) is -2.19. The van der Waals surface area contributed by atoms with E-state index >= 15 is 0 Å². The zero-order valence-corrected chi connectivity index (χ0v) is 8.24. The van der Waals surface area contributed by atoms with Crippen molar-refractivity contribution < 1.29 is 19.5 Å². The van der Waals surface area contributed by atoms with Gasteiger partial charge in [-0.3, -0.25) is 9.59 Å². The van der Waals surface area contributed by atoms with E-state index in [0.717, 1.165) is 0 Å². The number of hydrogen-bond acceptors (Lipinski definition) is 3. The van der Waals surface area contributed by atoms with Gasteiger partial charge in [0, 0.05) is 6.54 Å². The highest BCUT2D eigenvalue weighted by molar-refractivity contribution is 5.89. The van der Waals surface area contributed by atoms with Crippen LogP contribution in [0.1, 0.15) is 13.3 Å². The van der Waals surface area contributed by atoms with Crippen molar-refractivity contribution in [1.82, 2.24) is 16.0 Å². The molecule has 3 amide bonds. The first-order valence-electron chi connectivity index (χ1n) is 4.58. The van der Waals surface area contributed by atoms with Gasteiger partial charge in [0.05, 0.1) is 0 Å². The average molecular weight is 215 g/mol. The van der Waals surface area contributed by atoms with Crippen molar-refractivity contribution in [3.8, 4) is 0 Å². The molecule has 1 aliphatic rings. The molecular formula is C8H13N3O4. The van der Waals surface area contributed by atoms with Crippen LogP contribution in [-0.4, -0.2) is 41.6 Å². The van der Waals surface area contributed by atoms with Gasteiger partial charge in [0.15, 0.2) is 0 Å². The molecule has 1 unspecified atom stereocenters. The van der Waals surface area contributed by atoms with Crippen molar-refractivity contribution in [2.45, 2.75) is 25.4 Å². The van der Waals surface area contributed by atoms with Gasteiger partial charge >= 0.3 is 12.0 Å². The monoisotopic (exact) mass is 215 g/mol. The summed E-state index contributed by atoms with van der Waals surface area (Å²) in [4.78, 5) is 32.7. The molecule has 15 heavy (non-hydrogen) atoms. The van der Waals surface area contributed by atoms with Gasteiger partial charge in [0.2, 0.25) is 5.91 Å². The number of carboxylic acid groups (broad SMARTS) is 1. The molecule has 0 spiro atoms. The maximum atomic E-state index is 11.2. The maximum absolute atomic E-state index is 11.2. The van der Waals surface area contributed by atoms with E-state index in [2.05, 4.69) is 16.0 Å². The second-order valence-corrected chi connectivity index (χ2v) is 3.31. The number of carbonyl (C=O) groups is 3. The van der Waals surface area contributed by atoms with Crippen LogP contribution in [0.25, 0.3) is 0 Å². The summed E-state index contributed by atoms with van der Waals surface area (Å²) in [7, 11) is 0. The molecule has 0 saturated carbocycles. The summed E-state index contributed by atoms with van der Waals surface area (Å²) in [5.41, 5.74) is 0. The maximum Gasteiger partial charge on any atom is 0.325 e. The first kappa shape index (κ1) is 11.3. The smallest absolute Gasteiger partial charge is 0.325 e. The van der Waals surface area contributed by atoms with Crippen molar-refractivity contribution in [1.29, 1.82) is 0 Å². The molecule has 0 aromatic carbocycles. The average Bonchev–Trinajstić information content (AvgIpc) is 2.51. The third-order valence-electron chi connectivity index (χ3n) is 2.07. The van der Waals surface area contributed by atoms with Crippen LogP contribution in [0.15, 0.2) is 0 Å². The van der Waals surface area contributed by atoms with Gasteiger partial charge in [0.25, 0.3) is 0 Å².